The summed E-state index contributed by atoms with van der Waals surface area (Å²) >= 11 is 6.07. The Kier molecular flexibility index (Phi) is 6.15. The second-order valence-corrected chi connectivity index (χ2v) is 10.2. The molecule has 4 aromatic carbocycles. The van der Waals surface area contributed by atoms with Crippen LogP contribution in [0, 0.1) is 5.92 Å². The largest absolute Gasteiger partial charge is 0.468 e. The van der Waals surface area contributed by atoms with Gasteiger partial charge in [-0.15, -0.1) is 0 Å². The van der Waals surface area contributed by atoms with Crippen molar-refractivity contribution in [3.8, 4) is 11.1 Å². The number of halogens is 1. The third kappa shape index (κ3) is 3.54. The molecule has 0 radical (unpaired) electrons. The number of hydrogen-bond acceptors (Lipinski definition) is 5. The molecular formula is C32H26ClNO4. The predicted octanol–water partition coefficient (Wildman–Crippen LogP) is 5.39. The highest BCUT2D eigenvalue weighted by molar-refractivity contribution is 6.30. The zero-order chi connectivity index (χ0) is 26.4. The second-order valence-electron chi connectivity index (χ2n) is 9.75. The molecule has 1 fully saturated rings. The van der Waals surface area contributed by atoms with Gasteiger partial charge in [-0.2, -0.15) is 0 Å². The van der Waals surface area contributed by atoms with Crippen LogP contribution in [-0.4, -0.2) is 41.5 Å². The van der Waals surface area contributed by atoms with Crippen LogP contribution >= 0.6 is 11.6 Å². The Bertz CT molecular complexity index is 1470. The van der Waals surface area contributed by atoms with E-state index < -0.39 is 29.6 Å². The molecular weight excluding hydrogens is 498 g/mol. The van der Waals surface area contributed by atoms with Gasteiger partial charge >= 0.3 is 5.97 Å². The average Bonchev–Trinajstić information content (AvgIpc) is 3.46. The number of esters is 1. The van der Waals surface area contributed by atoms with E-state index >= 15 is 0 Å². The van der Waals surface area contributed by atoms with Crippen molar-refractivity contribution in [2.24, 2.45) is 5.92 Å². The molecule has 0 bridgehead atoms. The molecule has 0 amide bonds. The summed E-state index contributed by atoms with van der Waals surface area (Å²) in [6.07, 6.45) is -1.21. The van der Waals surface area contributed by atoms with Crippen LogP contribution in [0.25, 0.3) is 11.1 Å². The van der Waals surface area contributed by atoms with Gasteiger partial charge in [0.15, 0.2) is 5.78 Å². The van der Waals surface area contributed by atoms with Crippen molar-refractivity contribution in [1.82, 2.24) is 4.90 Å². The molecule has 0 aromatic heterocycles. The Labute approximate surface area is 226 Å². The number of aliphatic hydroxyl groups is 1. The third-order valence-electron chi connectivity index (χ3n) is 7.91. The zero-order valence-corrected chi connectivity index (χ0v) is 21.5. The molecule has 1 N–H and O–H groups in total. The number of nitrogens with zero attached hydrogens (tertiary/aromatic N) is 1. The van der Waals surface area contributed by atoms with Gasteiger partial charge in [-0.05, 0) is 45.5 Å². The Balaban J connectivity index is 1.61. The van der Waals surface area contributed by atoms with Crippen LogP contribution in [0.4, 0.5) is 0 Å². The molecule has 6 rings (SSSR count). The second kappa shape index (κ2) is 9.52. The van der Waals surface area contributed by atoms with Gasteiger partial charge in [-0.1, -0.05) is 103 Å². The summed E-state index contributed by atoms with van der Waals surface area (Å²) in [5.41, 5.74) is 4.56. The number of likely N-dealkylation sites (tertiary alicyclic amines) is 1. The smallest absolute Gasteiger partial charge is 0.324 e. The van der Waals surface area contributed by atoms with Crippen molar-refractivity contribution in [2.75, 3.05) is 13.7 Å². The summed E-state index contributed by atoms with van der Waals surface area (Å²) in [5.74, 6) is -1.81. The molecule has 6 heteroatoms. The zero-order valence-electron chi connectivity index (χ0n) is 20.8. The SMILES string of the molecule is COC(=O)[C@@H]1[C@@H]([C@@H](O)c2ccc(Cl)cc2)C(=O)CN1C1(c2ccccc2)c2ccccc2-c2ccccc21. The number of carbonyl (C=O) groups is 2. The molecule has 1 heterocycles. The highest BCUT2D eigenvalue weighted by Crippen LogP contribution is 2.56. The Morgan fingerprint density at radius 2 is 1.45 bits per heavy atom. The number of rotatable bonds is 5. The third-order valence-corrected chi connectivity index (χ3v) is 8.17. The van der Waals surface area contributed by atoms with Gasteiger partial charge in [0.05, 0.1) is 31.2 Å². The fraction of sp³-hybridized carbons (Fsp3) is 0.188. The number of Topliss-reactive ketones (excluding diaryl/α,β-unsaturated/α-hetero) is 1. The number of carbonyl (C=O) groups excluding carboxylic acids is 2. The lowest BCUT2D eigenvalue weighted by Gasteiger charge is -2.44. The minimum Gasteiger partial charge on any atom is -0.468 e. The molecule has 0 spiro atoms. The topological polar surface area (TPSA) is 66.8 Å². The molecule has 3 atom stereocenters. The molecule has 0 saturated carbocycles. The summed E-state index contributed by atoms with van der Waals surface area (Å²) in [6, 6.07) is 31.8. The van der Waals surface area contributed by atoms with Crippen LogP contribution in [0.2, 0.25) is 5.02 Å². The summed E-state index contributed by atoms with van der Waals surface area (Å²) in [6.45, 7) is -0.0351. The molecule has 0 unspecified atom stereocenters. The summed E-state index contributed by atoms with van der Waals surface area (Å²) in [5, 5.41) is 12.0. The number of ether oxygens (including phenoxy) is 1. The predicted molar refractivity (Wildman–Crippen MR) is 146 cm³/mol. The molecule has 1 aliphatic carbocycles. The maximum Gasteiger partial charge on any atom is 0.324 e. The van der Waals surface area contributed by atoms with Gasteiger partial charge in [0.1, 0.15) is 6.04 Å². The van der Waals surface area contributed by atoms with E-state index in [1.807, 2.05) is 59.5 Å². The first-order valence-electron chi connectivity index (χ1n) is 12.5. The van der Waals surface area contributed by atoms with Crippen molar-refractivity contribution >= 4 is 23.4 Å². The van der Waals surface area contributed by atoms with Gasteiger partial charge in [-0.3, -0.25) is 14.5 Å². The van der Waals surface area contributed by atoms with E-state index in [4.69, 9.17) is 16.3 Å². The first kappa shape index (κ1) is 24.6. The van der Waals surface area contributed by atoms with Gasteiger partial charge in [0.2, 0.25) is 0 Å². The number of hydrogen-bond donors (Lipinski definition) is 1. The van der Waals surface area contributed by atoms with Crippen LogP contribution in [0.3, 0.4) is 0 Å². The van der Waals surface area contributed by atoms with E-state index in [-0.39, 0.29) is 12.3 Å². The van der Waals surface area contributed by atoms with Crippen LogP contribution in [0.5, 0.6) is 0 Å². The van der Waals surface area contributed by atoms with Crippen molar-refractivity contribution < 1.29 is 19.4 Å². The summed E-state index contributed by atoms with van der Waals surface area (Å²) in [7, 11) is 1.32. The fourth-order valence-electron chi connectivity index (χ4n) is 6.36. The quantitative estimate of drug-likeness (QED) is 0.355. The lowest BCUT2D eigenvalue weighted by Crippen LogP contribution is -2.54. The van der Waals surface area contributed by atoms with E-state index in [9.17, 15) is 14.7 Å². The number of benzene rings is 4. The van der Waals surface area contributed by atoms with Gasteiger partial charge in [0, 0.05) is 5.02 Å². The lowest BCUT2D eigenvalue weighted by atomic mass is 9.78. The van der Waals surface area contributed by atoms with Crippen molar-refractivity contribution in [3.05, 3.63) is 130 Å². The molecule has 2 aliphatic rings. The molecule has 190 valence electrons. The Hall–Kier alpha value is -3.77. The number of ketones is 1. The lowest BCUT2D eigenvalue weighted by molar-refractivity contribution is -0.151. The number of methoxy groups -OCH3 is 1. The van der Waals surface area contributed by atoms with Crippen LogP contribution < -0.4 is 0 Å². The van der Waals surface area contributed by atoms with Crippen LogP contribution in [0.15, 0.2) is 103 Å². The molecule has 4 aromatic rings. The maximum absolute atomic E-state index is 13.8. The highest BCUT2D eigenvalue weighted by atomic mass is 35.5. The standard InChI is InChI=1S/C32H26ClNO4/c1-38-31(37)29-28(30(36)20-15-17-22(33)18-16-20)27(35)19-34(29)32(21-9-3-2-4-10-21)25-13-7-5-11-23(25)24-12-6-8-14-26(24)32/h2-18,28-30,36H,19H2,1H3/t28-,29-,30-/m0/s1. The van der Waals surface area contributed by atoms with Crippen molar-refractivity contribution in [3.63, 3.8) is 0 Å². The van der Waals surface area contributed by atoms with E-state index in [1.165, 1.54) is 7.11 Å². The molecule has 5 nitrogen and oxygen atoms in total. The minimum absolute atomic E-state index is 0.0351. The average molecular weight is 524 g/mol. The van der Waals surface area contributed by atoms with Crippen LogP contribution in [0.1, 0.15) is 28.4 Å². The Morgan fingerprint density at radius 3 is 2.03 bits per heavy atom. The maximum atomic E-state index is 13.8. The normalized spacial score (nSPS) is 20.6. The highest BCUT2D eigenvalue weighted by Gasteiger charge is 2.60. The van der Waals surface area contributed by atoms with Gasteiger partial charge in [-0.25, -0.2) is 0 Å². The molecule has 38 heavy (non-hydrogen) atoms. The Morgan fingerprint density at radius 1 is 0.895 bits per heavy atom. The first-order chi connectivity index (χ1) is 18.5. The van der Waals surface area contributed by atoms with Gasteiger partial charge < -0.3 is 9.84 Å². The summed E-state index contributed by atoms with van der Waals surface area (Å²) < 4.78 is 5.30. The van der Waals surface area contributed by atoms with Gasteiger partial charge in [0.25, 0.3) is 0 Å². The summed E-state index contributed by atoms with van der Waals surface area (Å²) in [4.78, 5) is 29.3. The van der Waals surface area contributed by atoms with E-state index in [1.54, 1.807) is 24.3 Å². The van der Waals surface area contributed by atoms with E-state index in [0.29, 0.717) is 10.6 Å². The fourth-order valence-corrected chi connectivity index (χ4v) is 6.48. The van der Waals surface area contributed by atoms with Crippen molar-refractivity contribution in [1.29, 1.82) is 0 Å². The monoisotopic (exact) mass is 523 g/mol. The minimum atomic E-state index is -1.21. The van der Waals surface area contributed by atoms with E-state index in [0.717, 1.165) is 27.8 Å². The van der Waals surface area contributed by atoms with E-state index in [2.05, 4.69) is 24.3 Å². The molecule has 1 saturated heterocycles. The van der Waals surface area contributed by atoms with Crippen LogP contribution in [-0.2, 0) is 19.9 Å². The number of aliphatic hydroxyl groups excluding tert-OH is 1. The first-order valence-corrected chi connectivity index (χ1v) is 12.9. The van der Waals surface area contributed by atoms with Crippen molar-refractivity contribution in [2.45, 2.75) is 17.7 Å². The number of fused-ring (bicyclic) bond motifs is 3. The molecule has 1 aliphatic heterocycles.